The summed E-state index contributed by atoms with van der Waals surface area (Å²) >= 11 is 1.88. The first kappa shape index (κ1) is 33.4. The highest BCUT2D eigenvalue weighted by Gasteiger charge is 2.38. The first-order valence-corrected chi connectivity index (χ1v) is 17.3. The second-order valence-electron chi connectivity index (χ2n) is 11.6. The van der Waals surface area contributed by atoms with Gasteiger partial charge in [-0.25, -0.2) is 0 Å². The van der Waals surface area contributed by atoms with Crippen LogP contribution in [0.3, 0.4) is 0 Å². The van der Waals surface area contributed by atoms with Crippen molar-refractivity contribution in [2.75, 3.05) is 12.4 Å². The van der Waals surface area contributed by atoms with E-state index >= 15 is 0 Å². The van der Waals surface area contributed by atoms with Crippen LogP contribution in [0.15, 0.2) is 91.0 Å². The van der Waals surface area contributed by atoms with Crippen molar-refractivity contribution < 1.29 is 9.84 Å². The largest absolute Gasteiger partial charge is 0.390 e. The van der Waals surface area contributed by atoms with Gasteiger partial charge >= 0.3 is 0 Å². The second-order valence-corrected chi connectivity index (χ2v) is 13.0. The number of ether oxygens (including phenoxy) is 1. The molecule has 1 N–H and O–H groups in total. The number of hydrogen-bond donors (Lipinski definition) is 1. The molecule has 0 saturated heterocycles. The Morgan fingerprint density at radius 1 is 0.610 bits per heavy atom. The molecule has 3 rings (SSSR count). The van der Waals surface area contributed by atoms with Crippen molar-refractivity contribution >= 4 is 11.8 Å². The smallest absolute Gasteiger partial charge is 0.143 e. The Morgan fingerprint density at radius 2 is 1.00 bits per heavy atom. The Kier molecular flexibility index (Phi) is 16.3. The van der Waals surface area contributed by atoms with Gasteiger partial charge in [0, 0.05) is 11.0 Å². The van der Waals surface area contributed by atoms with Gasteiger partial charge in [0.05, 0.1) is 12.7 Å². The van der Waals surface area contributed by atoms with Crippen LogP contribution in [0.5, 0.6) is 0 Å². The van der Waals surface area contributed by atoms with Gasteiger partial charge in [-0.3, -0.25) is 0 Å². The van der Waals surface area contributed by atoms with Gasteiger partial charge in [-0.2, -0.15) is 11.8 Å². The maximum Gasteiger partial charge on any atom is 0.143 e. The van der Waals surface area contributed by atoms with Gasteiger partial charge in [-0.05, 0) is 23.1 Å². The summed E-state index contributed by atoms with van der Waals surface area (Å²) in [5, 5.41) is 11.6. The number of rotatable bonds is 22. The van der Waals surface area contributed by atoms with Crippen molar-refractivity contribution in [2.24, 2.45) is 0 Å². The minimum atomic E-state index is -0.782. The van der Waals surface area contributed by atoms with Crippen molar-refractivity contribution in [1.29, 1.82) is 0 Å². The molecule has 41 heavy (non-hydrogen) atoms. The Hall–Kier alpha value is -2.07. The number of benzene rings is 3. The van der Waals surface area contributed by atoms with E-state index < -0.39 is 11.7 Å². The quantitative estimate of drug-likeness (QED) is 0.0956. The molecule has 2 unspecified atom stereocenters. The average Bonchev–Trinajstić information content (AvgIpc) is 3.02. The molecule has 0 aliphatic rings. The lowest BCUT2D eigenvalue weighted by Crippen LogP contribution is -2.36. The Morgan fingerprint density at radius 3 is 1.41 bits per heavy atom. The highest BCUT2D eigenvalue weighted by Crippen LogP contribution is 2.40. The van der Waals surface area contributed by atoms with E-state index in [1.54, 1.807) is 0 Å². The lowest BCUT2D eigenvalue weighted by Gasteiger charge is -2.36. The van der Waals surface area contributed by atoms with Crippen molar-refractivity contribution in [3.05, 3.63) is 108 Å². The third-order valence-corrected chi connectivity index (χ3v) is 9.45. The van der Waals surface area contributed by atoms with Crippen LogP contribution in [0.2, 0.25) is 0 Å². The monoisotopic (exact) mass is 574 g/mol. The summed E-state index contributed by atoms with van der Waals surface area (Å²) in [6, 6.07) is 31.2. The topological polar surface area (TPSA) is 29.5 Å². The zero-order valence-corrected chi connectivity index (χ0v) is 26.5. The molecule has 0 bridgehead atoms. The summed E-state index contributed by atoms with van der Waals surface area (Å²) in [4.78, 5) is 0. The predicted octanol–water partition coefficient (Wildman–Crippen LogP) is 10.6. The first-order valence-electron chi connectivity index (χ1n) is 16.3. The molecule has 3 aromatic carbocycles. The van der Waals surface area contributed by atoms with E-state index in [0.29, 0.717) is 11.0 Å². The highest BCUT2D eigenvalue weighted by molar-refractivity contribution is 7.99. The van der Waals surface area contributed by atoms with Crippen LogP contribution in [0.4, 0.5) is 0 Å². The summed E-state index contributed by atoms with van der Waals surface area (Å²) in [7, 11) is 0. The molecule has 224 valence electrons. The van der Waals surface area contributed by atoms with Crippen molar-refractivity contribution in [2.45, 2.75) is 114 Å². The molecule has 2 nitrogen and oxygen atoms in total. The second kappa shape index (κ2) is 19.9. The number of hydrogen-bond acceptors (Lipinski definition) is 3. The number of aliphatic hydroxyl groups excluding tert-OH is 1. The Bertz CT molecular complexity index is 927. The lowest BCUT2D eigenvalue weighted by molar-refractivity contribution is -0.0311. The molecule has 3 aromatic rings. The van der Waals surface area contributed by atoms with Crippen LogP contribution in [0.1, 0.15) is 114 Å². The number of thioether (sulfide) groups is 1. The van der Waals surface area contributed by atoms with Gasteiger partial charge in [-0.1, -0.05) is 182 Å². The summed E-state index contributed by atoms with van der Waals surface area (Å²) in [6.07, 6.45) is 17.3. The van der Waals surface area contributed by atoms with Gasteiger partial charge in [0.2, 0.25) is 0 Å². The van der Waals surface area contributed by atoms with E-state index in [-0.39, 0.29) is 6.61 Å². The van der Waals surface area contributed by atoms with E-state index in [1.807, 2.05) is 30.0 Å². The van der Waals surface area contributed by atoms with Crippen LogP contribution in [0.25, 0.3) is 0 Å². The zero-order valence-electron chi connectivity index (χ0n) is 25.7. The fourth-order valence-corrected chi connectivity index (χ4v) is 6.65. The van der Waals surface area contributed by atoms with Crippen LogP contribution in [-0.4, -0.2) is 28.8 Å². The van der Waals surface area contributed by atoms with Gasteiger partial charge in [0.1, 0.15) is 5.60 Å². The van der Waals surface area contributed by atoms with E-state index in [0.717, 1.165) is 16.7 Å². The highest BCUT2D eigenvalue weighted by atomic mass is 32.2. The lowest BCUT2D eigenvalue weighted by atomic mass is 9.80. The SMILES string of the molecule is CCCCCCCCCCCCCCC(C)SCC(O)COC(c1ccccc1)(c1ccccc1)c1ccccc1. The van der Waals surface area contributed by atoms with Crippen molar-refractivity contribution in [3.8, 4) is 0 Å². The molecule has 0 saturated carbocycles. The van der Waals surface area contributed by atoms with Crippen LogP contribution >= 0.6 is 11.8 Å². The minimum Gasteiger partial charge on any atom is -0.390 e. The van der Waals surface area contributed by atoms with Gasteiger partial charge in [0.15, 0.2) is 0 Å². The fraction of sp³-hybridized carbons (Fsp3) is 0.526. The average molecular weight is 575 g/mol. The molecule has 2 atom stereocenters. The van der Waals surface area contributed by atoms with Crippen LogP contribution in [0, 0.1) is 0 Å². The first-order chi connectivity index (χ1) is 20.2. The minimum absolute atomic E-state index is 0.275. The predicted molar refractivity (Wildman–Crippen MR) is 179 cm³/mol. The van der Waals surface area contributed by atoms with Gasteiger partial charge in [-0.15, -0.1) is 0 Å². The Labute approximate surface area is 255 Å². The summed E-state index contributed by atoms with van der Waals surface area (Å²) in [5.41, 5.74) is 2.42. The van der Waals surface area contributed by atoms with Gasteiger partial charge < -0.3 is 9.84 Å². The zero-order chi connectivity index (χ0) is 29.0. The van der Waals surface area contributed by atoms with Crippen LogP contribution in [-0.2, 0) is 10.3 Å². The van der Waals surface area contributed by atoms with Crippen LogP contribution < -0.4 is 0 Å². The van der Waals surface area contributed by atoms with Crippen molar-refractivity contribution in [3.63, 3.8) is 0 Å². The third-order valence-electron chi connectivity index (χ3n) is 8.07. The molecule has 0 radical (unpaired) electrons. The fourth-order valence-electron chi connectivity index (χ4n) is 5.67. The van der Waals surface area contributed by atoms with E-state index in [1.165, 1.54) is 83.5 Å². The summed E-state index contributed by atoms with van der Waals surface area (Å²) < 4.78 is 6.80. The van der Waals surface area contributed by atoms with E-state index in [9.17, 15) is 5.11 Å². The normalized spacial score (nSPS) is 13.2. The molecule has 0 aliphatic heterocycles. The molecule has 0 heterocycles. The summed E-state index contributed by atoms with van der Waals surface area (Å²) in [6.45, 7) is 4.87. The van der Waals surface area contributed by atoms with Crippen molar-refractivity contribution in [1.82, 2.24) is 0 Å². The Balaban J connectivity index is 1.43. The maximum absolute atomic E-state index is 11.0. The summed E-state index contributed by atoms with van der Waals surface area (Å²) in [5.74, 6) is 0.688. The maximum atomic E-state index is 11.0. The molecular formula is C38H54O2S. The van der Waals surface area contributed by atoms with E-state index in [4.69, 9.17) is 4.74 Å². The number of aliphatic hydroxyl groups is 1. The third kappa shape index (κ3) is 11.6. The molecule has 0 aliphatic carbocycles. The molecule has 3 heteroatoms. The standard InChI is InChI=1S/C38H54O2S/c1-3-4-5-6-7-8-9-10-11-12-13-17-24-33(2)41-32-37(39)31-40-38(34-25-18-14-19-26-34,35-27-20-15-21-28-35)36-29-22-16-23-30-36/h14-16,18-23,25-30,33,37,39H,3-13,17,24,31-32H2,1-2H3. The van der Waals surface area contributed by atoms with E-state index in [2.05, 4.69) is 86.6 Å². The molecule has 0 amide bonds. The molecule has 0 spiro atoms. The molecular weight excluding hydrogens is 520 g/mol. The molecule has 0 fully saturated rings. The number of unbranched alkanes of at least 4 members (excludes halogenated alkanes) is 11. The molecule has 0 aromatic heterocycles. The van der Waals surface area contributed by atoms with Gasteiger partial charge in [0.25, 0.3) is 0 Å².